The third-order valence-corrected chi connectivity index (χ3v) is 3.86. The summed E-state index contributed by atoms with van der Waals surface area (Å²) in [4.78, 5) is 22.9. The number of benzene rings is 1. The maximum Gasteiger partial charge on any atom is 0.308 e. The largest absolute Gasteiger partial charge is 0.484 e. The molecule has 21 heavy (non-hydrogen) atoms. The lowest BCUT2D eigenvalue weighted by Crippen LogP contribution is -2.42. The van der Waals surface area contributed by atoms with E-state index in [1.54, 1.807) is 0 Å². The van der Waals surface area contributed by atoms with E-state index in [9.17, 15) is 9.59 Å². The van der Waals surface area contributed by atoms with E-state index in [1.165, 1.54) is 0 Å². The number of carboxylic acid groups (broad SMARTS) is 1. The highest BCUT2D eigenvalue weighted by Crippen LogP contribution is 2.25. The topological polar surface area (TPSA) is 75.6 Å². The lowest BCUT2D eigenvalue weighted by molar-refractivity contribution is -0.142. The summed E-state index contributed by atoms with van der Waals surface area (Å²) in [5.74, 6) is -0.924. The number of aryl methyl sites for hydroxylation is 1. The van der Waals surface area contributed by atoms with Crippen LogP contribution in [0, 0.1) is 5.92 Å². The summed E-state index contributed by atoms with van der Waals surface area (Å²) in [6.45, 7) is 1.97. The molecule has 2 rings (SSSR count). The van der Waals surface area contributed by atoms with Gasteiger partial charge in [0.15, 0.2) is 6.61 Å². The van der Waals surface area contributed by atoms with E-state index < -0.39 is 11.9 Å². The maximum absolute atomic E-state index is 11.9. The highest BCUT2D eigenvalue weighted by Gasteiger charge is 2.33. The molecule has 0 spiro atoms. The van der Waals surface area contributed by atoms with Crippen LogP contribution in [0.5, 0.6) is 5.75 Å². The molecule has 1 aliphatic carbocycles. The molecule has 1 fully saturated rings. The Kier molecular flexibility index (Phi) is 5.20. The number of ether oxygens (including phenoxy) is 1. The predicted molar refractivity (Wildman–Crippen MR) is 78.2 cm³/mol. The molecule has 0 bridgehead atoms. The molecule has 0 heterocycles. The average molecular weight is 291 g/mol. The Morgan fingerprint density at radius 2 is 2.19 bits per heavy atom. The number of aliphatic carboxylic acids is 1. The lowest BCUT2D eigenvalue weighted by Gasteiger charge is -2.17. The predicted octanol–water partition coefficient (Wildman–Crippen LogP) is 2.00. The minimum atomic E-state index is -0.839. The van der Waals surface area contributed by atoms with Crippen LogP contribution in [-0.2, 0) is 16.0 Å². The Morgan fingerprint density at radius 1 is 1.38 bits per heavy atom. The highest BCUT2D eigenvalue weighted by molar-refractivity contribution is 5.79. The van der Waals surface area contributed by atoms with Gasteiger partial charge in [0.05, 0.1) is 5.92 Å². The van der Waals surface area contributed by atoms with Gasteiger partial charge in [-0.2, -0.15) is 0 Å². The summed E-state index contributed by atoms with van der Waals surface area (Å²) in [6.07, 6.45) is 3.08. The highest BCUT2D eigenvalue weighted by atomic mass is 16.5. The van der Waals surface area contributed by atoms with Crippen LogP contribution in [0.1, 0.15) is 31.7 Å². The number of hydrogen-bond acceptors (Lipinski definition) is 3. The standard InChI is InChI=1S/C16H21NO4/c1-2-11-5-3-6-12(9-11)21-10-15(18)17-14-8-4-7-13(14)16(19)20/h3,5-6,9,13-14H,2,4,7-8,10H2,1H3,(H,17,18)(H,19,20). The first-order valence-electron chi connectivity index (χ1n) is 7.34. The third-order valence-electron chi connectivity index (χ3n) is 3.86. The van der Waals surface area contributed by atoms with E-state index >= 15 is 0 Å². The molecular weight excluding hydrogens is 270 g/mol. The monoisotopic (exact) mass is 291 g/mol. The molecule has 0 aliphatic heterocycles. The fraction of sp³-hybridized carbons (Fsp3) is 0.500. The summed E-state index contributed by atoms with van der Waals surface area (Å²) < 4.78 is 5.46. The van der Waals surface area contributed by atoms with Gasteiger partial charge >= 0.3 is 5.97 Å². The molecule has 2 unspecified atom stereocenters. The fourth-order valence-corrected chi connectivity index (χ4v) is 2.68. The fourth-order valence-electron chi connectivity index (χ4n) is 2.68. The zero-order valence-electron chi connectivity index (χ0n) is 12.2. The summed E-state index contributed by atoms with van der Waals surface area (Å²) in [5, 5.41) is 11.8. The number of amides is 1. The van der Waals surface area contributed by atoms with Crippen molar-refractivity contribution in [2.75, 3.05) is 6.61 Å². The lowest BCUT2D eigenvalue weighted by atomic mass is 10.0. The van der Waals surface area contributed by atoms with Crippen molar-refractivity contribution >= 4 is 11.9 Å². The molecule has 2 N–H and O–H groups in total. The Labute approximate surface area is 124 Å². The van der Waals surface area contributed by atoms with Crippen molar-refractivity contribution in [2.24, 2.45) is 5.92 Å². The Morgan fingerprint density at radius 3 is 2.90 bits per heavy atom. The van der Waals surface area contributed by atoms with Crippen molar-refractivity contribution in [3.63, 3.8) is 0 Å². The van der Waals surface area contributed by atoms with Gasteiger partial charge in [-0.25, -0.2) is 0 Å². The van der Waals surface area contributed by atoms with Crippen LogP contribution < -0.4 is 10.1 Å². The van der Waals surface area contributed by atoms with E-state index in [4.69, 9.17) is 9.84 Å². The first-order valence-corrected chi connectivity index (χ1v) is 7.34. The Balaban J connectivity index is 1.83. The third kappa shape index (κ3) is 4.21. The van der Waals surface area contributed by atoms with E-state index in [2.05, 4.69) is 12.2 Å². The second-order valence-electron chi connectivity index (χ2n) is 5.34. The average Bonchev–Trinajstić information content (AvgIpc) is 2.93. The van der Waals surface area contributed by atoms with Crippen LogP contribution in [0.3, 0.4) is 0 Å². The molecule has 0 aromatic heterocycles. The number of carboxylic acids is 1. The molecular formula is C16H21NO4. The molecule has 2 atom stereocenters. The molecule has 1 aliphatic rings. The zero-order chi connectivity index (χ0) is 15.2. The molecule has 5 heteroatoms. The van der Waals surface area contributed by atoms with Crippen LogP contribution in [0.2, 0.25) is 0 Å². The van der Waals surface area contributed by atoms with Gasteiger partial charge in [-0.3, -0.25) is 9.59 Å². The minimum Gasteiger partial charge on any atom is -0.484 e. The van der Waals surface area contributed by atoms with E-state index in [0.29, 0.717) is 18.6 Å². The Hall–Kier alpha value is -2.04. The van der Waals surface area contributed by atoms with Gasteiger partial charge < -0.3 is 15.2 Å². The number of rotatable bonds is 6. The molecule has 1 saturated carbocycles. The molecule has 1 aromatic rings. The van der Waals surface area contributed by atoms with Gasteiger partial charge in [0.2, 0.25) is 0 Å². The van der Waals surface area contributed by atoms with Crippen LogP contribution in [-0.4, -0.2) is 29.6 Å². The second kappa shape index (κ2) is 7.11. The van der Waals surface area contributed by atoms with Crippen molar-refractivity contribution in [3.8, 4) is 5.75 Å². The number of carbonyl (C=O) groups is 2. The van der Waals surface area contributed by atoms with E-state index in [0.717, 1.165) is 18.4 Å². The van der Waals surface area contributed by atoms with Crippen molar-refractivity contribution in [1.82, 2.24) is 5.32 Å². The van der Waals surface area contributed by atoms with Crippen LogP contribution in [0.4, 0.5) is 0 Å². The summed E-state index contributed by atoms with van der Waals surface area (Å²) in [5.41, 5.74) is 1.15. The summed E-state index contributed by atoms with van der Waals surface area (Å²) in [6, 6.07) is 7.33. The summed E-state index contributed by atoms with van der Waals surface area (Å²) >= 11 is 0. The minimum absolute atomic E-state index is 0.0873. The van der Waals surface area contributed by atoms with Gasteiger partial charge in [-0.15, -0.1) is 0 Å². The number of nitrogens with one attached hydrogen (secondary N) is 1. The van der Waals surface area contributed by atoms with Gasteiger partial charge in [0.25, 0.3) is 5.91 Å². The first-order chi connectivity index (χ1) is 10.1. The molecule has 114 valence electrons. The Bertz CT molecular complexity index is 515. The van der Waals surface area contributed by atoms with Gasteiger partial charge in [-0.05, 0) is 37.0 Å². The molecule has 5 nitrogen and oxygen atoms in total. The van der Waals surface area contributed by atoms with E-state index in [1.807, 2.05) is 24.3 Å². The van der Waals surface area contributed by atoms with Gasteiger partial charge in [0.1, 0.15) is 5.75 Å². The van der Waals surface area contributed by atoms with Crippen molar-refractivity contribution in [3.05, 3.63) is 29.8 Å². The number of carbonyl (C=O) groups excluding carboxylic acids is 1. The zero-order valence-corrected chi connectivity index (χ0v) is 12.2. The second-order valence-corrected chi connectivity index (χ2v) is 5.34. The molecule has 1 amide bonds. The molecule has 0 radical (unpaired) electrons. The normalized spacial score (nSPS) is 21.0. The molecule has 1 aromatic carbocycles. The smallest absolute Gasteiger partial charge is 0.308 e. The van der Waals surface area contributed by atoms with Gasteiger partial charge in [0, 0.05) is 6.04 Å². The van der Waals surface area contributed by atoms with E-state index in [-0.39, 0.29) is 18.6 Å². The molecule has 0 saturated heterocycles. The SMILES string of the molecule is CCc1cccc(OCC(=O)NC2CCCC2C(=O)O)c1. The maximum atomic E-state index is 11.9. The first kappa shape index (κ1) is 15.4. The summed E-state index contributed by atoms with van der Waals surface area (Å²) in [7, 11) is 0. The van der Waals surface area contributed by atoms with Crippen LogP contribution in [0.15, 0.2) is 24.3 Å². The van der Waals surface area contributed by atoms with Crippen molar-refractivity contribution < 1.29 is 19.4 Å². The van der Waals surface area contributed by atoms with Crippen LogP contribution in [0.25, 0.3) is 0 Å². The number of hydrogen-bond donors (Lipinski definition) is 2. The quantitative estimate of drug-likeness (QED) is 0.840. The van der Waals surface area contributed by atoms with Crippen molar-refractivity contribution in [1.29, 1.82) is 0 Å². The van der Waals surface area contributed by atoms with Gasteiger partial charge in [-0.1, -0.05) is 25.5 Å². The van der Waals surface area contributed by atoms with Crippen LogP contribution >= 0.6 is 0 Å². The van der Waals surface area contributed by atoms with Crippen molar-refractivity contribution in [2.45, 2.75) is 38.6 Å².